The van der Waals surface area contributed by atoms with E-state index in [0.29, 0.717) is 30.1 Å². The molecular weight excluding hydrogens is 384 g/mol. The monoisotopic (exact) mass is 402 g/mol. The average molecular weight is 402 g/mol. The van der Waals surface area contributed by atoms with Crippen LogP contribution in [0.1, 0.15) is 26.5 Å². The van der Waals surface area contributed by atoms with E-state index in [1.54, 1.807) is 16.2 Å². The number of fused-ring (bicyclic) bond motifs is 3. The highest BCUT2D eigenvalue weighted by atomic mass is 32.1. The average Bonchev–Trinajstić information content (AvgIpc) is 3.43. The number of ether oxygens (including phenoxy) is 1. The quantitative estimate of drug-likeness (QED) is 0.464. The SMILES string of the molecule is O=C(c1noc2c1COc1ccccc1-2)N(Cc1ccccc1)Cc1cccs1. The first-order chi connectivity index (χ1) is 14.3. The molecule has 0 spiro atoms. The number of thiophene rings is 1. The maximum atomic E-state index is 13.5. The van der Waals surface area contributed by atoms with Gasteiger partial charge in [0.15, 0.2) is 11.5 Å². The van der Waals surface area contributed by atoms with E-state index in [4.69, 9.17) is 9.26 Å². The summed E-state index contributed by atoms with van der Waals surface area (Å²) in [4.78, 5) is 16.4. The van der Waals surface area contributed by atoms with Crippen molar-refractivity contribution in [1.82, 2.24) is 10.1 Å². The summed E-state index contributed by atoms with van der Waals surface area (Å²) in [5.41, 5.74) is 2.92. The van der Waals surface area contributed by atoms with Crippen LogP contribution in [0.25, 0.3) is 11.3 Å². The second kappa shape index (κ2) is 7.56. The number of rotatable bonds is 5. The van der Waals surface area contributed by atoms with Gasteiger partial charge in [-0.05, 0) is 29.1 Å². The Labute approximate surface area is 172 Å². The van der Waals surface area contributed by atoms with Gasteiger partial charge in [-0.1, -0.05) is 53.7 Å². The number of nitrogens with zero attached hydrogens (tertiary/aromatic N) is 2. The number of carbonyl (C=O) groups excluding carboxylic acids is 1. The number of carbonyl (C=O) groups is 1. The maximum absolute atomic E-state index is 13.5. The van der Waals surface area contributed by atoms with Gasteiger partial charge in [0.1, 0.15) is 12.4 Å². The second-order valence-electron chi connectivity index (χ2n) is 6.85. The molecule has 4 aromatic rings. The Morgan fingerprint density at radius 3 is 2.66 bits per heavy atom. The highest BCUT2D eigenvalue weighted by Crippen LogP contribution is 2.39. The van der Waals surface area contributed by atoms with Crippen LogP contribution in [0.5, 0.6) is 5.75 Å². The zero-order chi connectivity index (χ0) is 19.6. The van der Waals surface area contributed by atoms with Gasteiger partial charge in [0.25, 0.3) is 5.91 Å². The van der Waals surface area contributed by atoms with E-state index >= 15 is 0 Å². The van der Waals surface area contributed by atoms with Crippen molar-refractivity contribution in [3.05, 3.63) is 93.8 Å². The van der Waals surface area contributed by atoms with Crippen LogP contribution < -0.4 is 4.74 Å². The topological polar surface area (TPSA) is 55.6 Å². The third-order valence-electron chi connectivity index (χ3n) is 4.92. The molecule has 144 valence electrons. The van der Waals surface area contributed by atoms with Crippen LogP contribution in [0.4, 0.5) is 0 Å². The molecule has 0 fully saturated rings. The highest BCUT2D eigenvalue weighted by Gasteiger charge is 2.31. The van der Waals surface area contributed by atoms with Crippen molar-refractivity contribution in [2.24, 2.45) is 0 Å². The maximum Gasteiger partial charge on any atom is 0.277 e. The summed E-state index contributed by atoms with van der Waals surface area (Å²) >= 11 is 1.63. The molecule has 0 N–H and O–H groups in total. The standard InChI is InChI=1S/C23H18N2O3S/c26-23(21-19-15-27-20-11-5-4-10-18(20)22(19)28-24-21)25(14-17-9-6-12-29-17)13-16-7-2-1-3-8-16/h1-12H,13-15H2. The molecule has 3 heterocycles. The van der Waals surface area contributed by atoms with Crippen LogP contribution in [-0.4, -0.2) is 16.0 Å². The Hall–Kier alpha value is -3.38. The van der Waals surface area contributed by atoms with Crippen LogP contribution in [0, 0.1) is 0 Å². The van der Waals surface area contributed by atoms with Crippen molar-refractivity contribution in [1.29, 1.82) is 0 Å². The van der Waals surface area contributed by atoms with Gasteiger partial charge in [-0.25, -0.2) is 0 Å². The summed E-state index contributed by atoms with van der Waals surface area (Å²) in [5.74, 6) is 1.20. The van der Waals surface area contributed by atoms with Gasteiger partial charge in [0.2, 0.25) is 0 Å². The van der Waals surface area contributed by atoms with E-state index < -0.39 is 0 Å². The molecule has 6 heteroatoms. The van der Waals surface area contributed by atoms with Gasteiger partial charge < -0.3 is 14.2 Å². The smallest absolute Gasteiger partial charge is 0.277 e. The Kier molecular flexibility index (Phi) is 4.62. The predicted octanol–water partition coefficient (Wildman–Crippen LogP) is 5.14. The minimum atomic E-state index is -0.157. The van der Waals surface area contributed by atoms with E-state index in [1.807, 2.05) is 72.1 Å². The Balaban J connectivity index is 1.49. The van der Waals surface area contributed by atoms with Crippen molar-refractivity contribution in [2.45, 2.75) is 19.7 Å². The number of benzene rings is 2. The van der Waals surface area contributed by atoms with Crippen LogP contribution in [0.2, 0.25) is 0 Å². The third-order valence-corrected chi connectivity index (χ3v) is 5.79. The number of hydrogen-bond acceptors (Lipinski definition) is 5. The van der Waals surface area contributed by atoms with Gasteiger partial charge in [0.05, 0.1) is 17.7 Å². The molecule has 29 heavy (non-hydrogen) atoms. The van der Waals surface area contributed by atoms with Gasteiger partial charge >= 0.3 is 0 Å². The molecule has 1 aliphatic rings. The minimum Gasteiger partial charge on any atom is -0.488 e. The summed E-state index contributed by atoms with van der Waals surface area (Å²) in [7, 11) is 0. The lowest BCUT2D eigenvalue weighted by molar-refractivity contribution is 0.0719. The molecule has 0 aliphatic carbocycles. The van der Waals surface area contributed by atoms with Crippen molar-refractivity contribution < 1.29 is 14.1 Å². The minimum absolute atomic E-state index is 0.157. The van der Waals surface area contributed by atoms with Crippen molar-refractivity contribution in [3.63, 3.8) is 0 Å². The molecule has 0 radical (unpaired) electrons. The van der Waals surface area contributed by atoms with E-state index in [0.717, 1.165) is 21.8 Å². The zero-order valence-corrected chi connectivity index (χ0v) is 16.4. The second-order valence-corrected chi connectivity index (χ2v) is 7.88. The van der Waals surface area contributed by atoms with E-state index in [1.165, 1.54) is 0 Å². The summed E-state index contributed by atoms with van der Waals surface area (Å²) < 4.78 is 11.4. The van der Waals surface area contributed by atoms with Crippen LogP contribution >= 0.6 is 11.3 Å². The summed E-state index contributed by atoms with van der Waals surface area (Å²) in [5, 5.41) is 6.16. The summed E-state index contributed by atoms with van der Waals surface area (Å²) in [6.07, 6.45) is 0. The predicted molar refractivity (Wildman–Crippen MR) is 111 cm³/mol. The van der Waals surface area contributed by atoms with E-state index in [-0.39, 0.29) is 12.5 Å². The third kappa shape index (κ3) is 3.43. The first-order valence-corrected chi connectivity index (χ1v) is 10.2. The Morgan fingerprint density at radius 1 is 1.00 bits per heavy atom. The van der Waals surface area contributed by atoms with Crippen molar-refractivity contribution in [2.75, 3.05) is 0 Å². The number of hydrogen-bond donors (Lipinski definition) is 0. The highest BCUT2D eigenvalue weighted by molar-refractivity contribution is 7.09. The van der Waals surface area contributed by atoms with Gasteiger partial charge in [-0.15, -0.1) is 11.3 Å². The van der Waals surface area contributed by atoms with Gasteiger partial charge in [-0.3, -0.25) is 4.79 Å². The first kappa shape index (κ1) is 17.7. The lowest BCUT2D eigenvalue weighted by Gasteiger charge is -2.22. The van der Waals surface area contributed by atoms with Crippen molar-refractivity contribution in [3.8, 4) is 17.1 Å². The van der Waals surface area contributed by atoms with Gasteiger partial charge in [0, 0.05) is 11.4 Å². The molecule has 2 aromatic carbocycles. The van der Waals surface area contributed by atoms with Gasteiger partial charge in [-0.2, -0.15) is 0 Å². The molecule has 1 aliphatic heterocycles. The van der Waals surface area contributed by atoms with E-state index in [9.17, 15) is 4.79 Å². The first-order valence-electron chi connectivity index (χ1n) is 9.36. The molecule has 5 nitrogen and oxygen atoms in total. The largest absolute Gasteiger partial charge is 0.488 e. The molecule has 0 atom stereocenters. The molecule has 2 aromatic heterocycles. The summed E-state index contributed by atoms with van der Waals surface area (Å²) in [6, 6.07) is 21.6. The molecular formula is C23H18N2O3S. The molecule has 5 rings (SSSR count). The molecule has 0 bridgehead atoms. The van der Waals surface area contributed by atoms with Crippen LogP contribution in [-0.2, 0) is 19.7 Å². The van der Waals surface area contributed by atoms with Crippen LogP contribution in [0.3, 0.4) is 0 Å². The summed E-state index contributed by atoms with van der Waals surface area (Å²) in [6.45, 7) is 1.29. The number of aromatic nitrogens is 1. The molecule has 0 unspecified atom stereocenters. The number of amides is 1. The Bertz CT molecular complexity index is 1140. The normalized spacial score (nSPS) is 12.0. The fourth-order valence-electron chi connectivity index (χ4n) is 3.50. The van der Waals surface area contributed by atoms with Crippen LogP contribution in [0.15, 0.2) is 76.6 Å². The fraction of sp³-hybridized carbons (Fsp3) is 0.130. The Morgan fingerprint density at radius 2 is 1.83 bits per heavy atom. The van der Waals surface area contributed by atoms with Crippen molar-refractivity contribution >= 4 is 17.2 Å². The molecule has 0 saturated heterocycles. The lowest BCUT2D eigenvalue weighted by Crippen LogP contribution is -2.31. The lowest BCUT2D eigenvalue weighted by atomic mass is 10.0. The zero-order valence-electron chi connectivity index (χ0n) is 15.6. The molecule has 1 amide bonds. The fourth-order valence-corrected chi connectivity index (χ4v) is 4.22. The van der Waals surface area contributed by atoms with E-state index in [2.05, 4.69) is 5.16 Å². The number of para-hydroxylation sites is 1. The molecule has 0 saturated carbocycles.